The molecule has 0 aliphatic rings. The Morgan fingerprint density at radius 1 is 0.310 bits per heavy atom. The van der Waals surface area contributed by atoms with Crippen LogP contribution in [0.25, 0.3) is 88.0 Å². The number of hydrogen-bond acceptors (Lipinski definition) is 2. The van der Waals surface area contributed by atoms with Crippen LogP contribution in [0.4, 0.5) is 17.1 Å². The number of benzene rings is 10. The van der Waals surface area contributed by atoms with Gasteiger partial charge in [-0.05, 0) is 97.2 Å². The molecule has 0 amide bonds. The molecule has 0 unspecified atom stereocenters. The summed E-state index contributed by atoms with van der Waals surface area (Å²) in [6, 6.07) is 80.6. The quantitative estimate of drug-likeness (QED) is 0.151. The molecule has 11 rings (SSSR count). The second kappa shape index (κ2) is 14.1. The molecule has 0 spiro atoms. The minimum atomic E-state index is 0.882. The molecule has 272 valence electrons. The zero-order valence-corrected chi connectivity index (χ0v) is 31.7. The molecule has 0 bridgehead atoms. The Kier molecular flexibility index (Phi) is 8.19. The van der Waals surface area contributed by atoms with Crippen LogP contribution < -0.4 is 4.90 Å². The number of hydrogen-bond donors (Lipinski definition) is 0. The van der Waals surface area contributed by atoms with Crippen molar-refractivity contribution in [1.82, 2.24) is 0 Å². The lowest BCUT2D eigenvalue weighted by atomic mass is 9.96. The van der Waals surface area contributed by atoms with Gasteiger partial charge < -0.3 is 9.32 Å². The van der Waals surface area contributed by atoms with Crippen molar-refractivity contribution in [3.63, 3.8) is 0 Å². The van der Waals surface area contributed by atoms with Gasteiger partial charge in [0.2, 0.25) is 0 Å². The second-order valence-electron chi connectivity index (χ2n) is 14.9. The minimum absolute atomic E-state index is 0.882. The molecule has 0 atom stereocenters. The fraction of sp³-hybridized carbons (Fsp3) is 0. The van der Waals surface area contributed by atoms with Gasteiger partial charge in [-0.15, -0.1) is 0 Å². The summed E-state index contributed by atoms with van der Waals surface area (Å²) in [7, 11) is 0. The van der Waals surface area contributed by atoms with Crippen LogP contribution in [0.3, 0.4) is 0 Å². The first-order chi connectivity index (χ1) is 28.8. The number of nitrogens with zero attached hydrogens (tertiary/aromatic N) is 1. The van der Waals surface area contributed by atoms with Gasteiger partial charge in [0.25, 0.3) is 0 Å². The molecule has 1 aromatic heterocycles. The van der Waals surface area contributed by atoms with E-state index in [0.29, 0.717) is 0 Å². The Balaban J connectivity index is 1.03. The Labute approximate surface area is 337 Å². The molecule has 10 aromatic carbocycles. The Hall–Kier alpha value is -7.68. The normalized spacial score (nSPS) is 11.4. The molecule has 2 nitrogen and oxygen atoms in total. The van der Waals surface area contributed by atoms with Gasteiger partial charge in [0.15, 0.2) is 0 Å². The van der Waals surface area contributed by atoms with Crippen molar-refractivity contribution >= 4 is 60.3 Å². The molecule has 0 saturated heterocycles. The van der Waals surface area contributed by atoms with Crippen LogP contribution in [-0.2, 0) is 0 Å². The number of rotatable bonds is 7. The van der Waals surface area contributed by atoms with Crippen molar-refractivity contribution in [1.29, 1.82) is 0 Å². The summed E-state index contributed by atoms with van der Waals surface area (Å²) in [5.41, 5.74) is 12.2. The molecule has 11 aromatic rings. The summed E-state index contributed by atoms with van der Waals surface area (Å²) < 4.78 is 6.60. The van der Waals surface area contributed by atoms with Crippen molar-refractivity contribution in [3.8, 4) is 44.7 Å². The van der Waals surface area contributed by atoms with E-state index in [1.54, 1.807) is 0 Å². The van der Waals surface area contributed by atoms with Crippen molar-refractivity contribution in [2.75, 3.05) is 4.90 Å². The van der Waals surface area contributed by atoms with E-state index in [2.05, 4.69) is 223 Å². The van der Waals surface area contributed by atoms with Crippen molar-refractivity contribution in [2.24, 2.45) is 0 Å². The molecule has 58 heavy (non-hydrogen) atoms. The summed E-state index contributed by atoms with van der Waals surface area (Å²) in [5.74, 6) is 0.882. The summed E-state index contributed by atoms with van der Waals surface area (Å²) in [6.45, 7) is 0. The van der Waals surface area contributed by atoms with E-state index in [4.69, 9.17) is 4.42 Å². The third kappa shape index (κ3) is 5.82. The van der Waals surface area contributed by atoms with Gasteiger partial charge in [0.1, 0.15) is 11.3 Å². The third-order valence-electron chi connectivity index (χ3n) is 11.5. The zero-order valence-electron chi connectivity index (χ0n) is 31.7. The maximum Gasteiger partial charge on any atom is 0.143 e. The first-order valence-corrected chi connectivity index (χ1v) is 19.8. The summed E-state index contributed by atoms with van der Waals surface area (Å²) in [5, 5.41) is 8.52. The highest BCUT2D eigenvalue weighted by Gasteiger charge is 2.20. The van der Waals surface area contributed by atoms with Crippen LogP contribution in [0.1, 0.15) is 0 Å². The smallest absolute Gasteiger partial charge is 0.143 e. The largest absolute Gasteiger partial charge is 0.455 e. The molecule has 0 fully saturated rings. The molecule has 0 radical (unpaired) electrons. The fourth-order valence-electron chi connectivity index (χ4n) is 8.70. The van der Waals surface area contributed by atoms with Gasteiger partial charge in [-0.3, -0.25) is 0 Å². The van der Waals surface area contributed by atoms with E-state index < -0.39 is 0 Å². The minimum Gasteiger partial charge on any atom is -0.455 e. The summed E-state index contributed by atoms with van der Waals surface area (Å²) in [4.78, 5) is 2.41. The highest BCUT2D eigenvalue weighted by molar-refractivity contribution is 6.14. The highest BCUT2D eigenvalue weighted by Crippen LogP contribution is 2.45. The molecule has 0 aliphatic carbocycles. The van der Waals surface area contributed by atoms with Crippen LogP contribution in [0.15, 0.2) is 229 Å². The molecular weight excluding hydrogens is 703 g/mol. The monoisotopic (exact) mass is 739 g/mol. The molecule has 1 heterocycles. The average Bonchev–Trinajstić information content (AvgIpc) is 3.70. The van der Waals surface area contributed by atoms with Crippen molar-refractivity contribution in [3.05, 3.63) is 224 Å². The lowest BCUT2D eigenvalue weighted by Gasteiger charge is -2.28. The highest BCUT2D eigenvalue weighted by atomic mass is 16.3. The van der Waals surface area contributed by atoms with Crippen LogP contribution in [0, 0.1) is 0 Å². The summed E-state index contributed by atoms with van der Waals surface area (Å²) in [6.07, 6.45) is 0. The Morgan fingerprint density at radius 3 is 1.64 bits per heavy atom. The predicted octanol–water partition coefficient (Wildman–Crippen LogP) is 16.0. The van der Waals surface area contributed by atoms with Gasteiger partial charge in [-0.25, -0.2) is 0 Å². The number of para-hydroxylation sites is 1. The van der Waals surface area contributed by atoms with Gasteiger partial charge in [-0.2, -0.15) is 0 Å². The van der Waals surface area contributed by atoms with Crippen molar-refractivity contribution < 1.29 is 4.42 Å². The number of fused-ring (bicyclic) bond motifs is 5. The standard InChI is InChI=1S/C56H37NO/c1-2-15-41(16-3-1)55-52-25-10-11-27-54(52)58-56(55)44-20-12-19-42(36-44)38-28-32-45(33-29-38)57(53-37-43-17-5-7-22-49(43)50-23-8-9-24-51(50)53)46-34-30-40(31-35-46)48-26-13-18-39-14-4-6-21-47(39)48/h1-37H. The van der Waals surface area contributed by atoms with Gasteiger partial charge in [0.05, 0.1) is 5.69 Å². The Bertz CT molecular complexity index is 3260. The number of anilines is 3. The molecular formula is C56H37NO. The van der Waals surface area contributed by atoms with Gasteiger partial charge >= 0.3 is 0 Å². The van der Waals surface area contributed by atoms with E-state index in [1.807, 2.05) is 6.07 Å². The second-order valence-corrected chi connectivity index (χ2v) is 14.9. The third-order valence-corrected chi connectivity index (χ3v) is 11.5. The van der Waals surface area contributed by atoms with Crippen LogP contribution in [-0.4, -0.2) is 0 Å². The first-order valence-electron chi connectivity index (χ1n) is 19.8. The van der Waals surface area contributed by atoms with Crippen molar-refractivity contribution in [2.45, 2.75) is 0 Å². The topological polar surface area (TPSA) is 16.4 Å². The predicted molar refractivity (Wildman–Crippen MR) is 245 cm³/mol. The SMILES string of the molecule is c1ccc(-c2c(-c3cccc(-c4ccc(N(c5ccc(-c6cccc7ccccc67)cc5)c5cc6ccccc6c6ccccc56)cc4)c3)oc3ccccc23)cc1. The van der Waals surface area contributed by atoms with E-state index >= 15 is 0 Å². The molecule has 2 heteroatoms. The lowest BCUT2D eigenvalue weighted by Crippen LogP contribution is -2.10. The van der Waals surface area contributed by atoms with E-state index in [0.717, 1.165) is 61.6 Å². The first kappa shape index (κ1) is 33.6. The lowest BCUT2D eigenvalue weighted by molar-refractivity contribution is 0.632. The fourth-order valence-corrected chi connectivity index (χ4v) is 8.70. The van der Waals surface area contributed by atoms with Gasteiger partial charge in [-0.1, -0.05) is 182 Å². The van der Waals surface area contributed by atoms with E-state index in [-0.39, 0.29) is 0 Å². The van der Waals surface area contributed by atoms with Gasteiger partial charge in [0, 0.05) is 33.3 Å². The maximum absolute atomic E-state index is 6.60. The Morgan fingerprint density at radius 2 is 0.862 bits per heavy atom. The van der Waals surface area contributed by atoms with E-state index in [1.165, 1.54) is 43.4 Å². The molecule has 0 N–H and O–H groups in total. The maximum atomic E-state index is 6.60. The van der Waals surface area contributed by atoms with Crippen LogP contribution in [0.5, 0.6) is 0 Å². The van der Waals surface area contributed by atoms with Crippen LogP contribution >= 0.6 is 0 Å². The number of furan rings is 1. The average molecular weight is 740 g/mol. The zero-order chi connectivity index (χ0) is 38.4. The molecule has 0 saturated carbocycles. The van der Waals surface area contributed by atoms with Crippen LogP contribution in [0.2, 0.25) is 0 Å². The molecule has 0 aliphatic heterocycles. The van der Waals surface area contributed by atoms with E-state index in [9.17, 15) is 0 Å². The summed E-state index contributed by atoms with van der Waals surface area (Å²) >= 11 is 0.